The number of aryl methyl sites for hydroxylation is 1. The number of amidine groups is 1. The molecule has 1 amide bonds. The molecule has 2 aromatic rings. The van der Waals surface area contributed by atoms with Crippen LogP contribution in [0.4, 0.5) is 11.4 Å². The van der Waals surface area contributed by atoms with E-state index in [1.807, 2.05) is 37.1 Å². The van der Waals surface area contributed by atoms with Gasteiger partial charge in [0.05, 0.1) is 16.4 Å². The van der Waals surface area contributed by atoms with Crippen LogP contribution >= 0.6 is 23.5 Å². The number of aromatic hydroxyl groups is 1. The van der Waals surface area contributed by atoms with Crippen molar-refractivity contribution >= 4 is 46.0 Å². The minimum Gasteiger partial charge on any atom is -0.508 e. The summed E-state index contributed by atoms with van der Waals surface area (Å²) in [6.45, 7) is 8.82. The fourth-order valence-electron chi connectivity index (χ4n) is 3.82. The maximum absolute atomic E-state index is 13.5. The Morgan fingerprint density at radius 3 is 2.59 bits per heavy atom. The highest BCUT2D eigenvalue weighted by Gasteiger charge is 2.38. The fraction of sp³-hybridized carbons (Fsp3) is 0.360. The van der Waals surface area contributed by atoms with Crippen molar-refractivity contribution in [3.05, 3.63) is 57.5 Å². The summed E-state index contributed by atoms with van der Waals surface area (Å²) >= 11 is 3.09. The number of nitrogens with zero attached hydrogens (tertiary/aromatic N) is 3. The first-order valence-corrected chi connectivity index (χ1v) is 12.6. The predicted octanol–water partition coefficient (Wildman–Crippen LogP) is 6.60. The van der Waals surface area contributed by atoms with Crippen LogP contribution in [0.25, 0.3) is 0 Å². The second kappa shape index (κ2) is 9.24. The van der Waals surface area contributed by atoms with Gasteiger partial charge in [-0.2, -0.15) is 0 Å². The van der Waals surface area contributed by atoms with Gasteiger partial charge in [0.1, 0.15) is 10.7 Å². The maximum Gasteiger partial charge on any atom is 0.269 e. The van der Waals surface area contributed by atoms with E-state index < -0.39 is 0 Å². The Bertz CT molecular complexity index is 1120. The third-order valence-corrected chi connectivity index (χ3v) is 8.15. The van der Waals surface area contributed by atoms with Gasteiger partial charge in [-0.05, 0) is 66.4 Å². The predicted molar refractivity (Wildman–Crippen MR) is 136 cm³/mol. The molecule has 168 valence electrons. The minimum atomic E-state index is 0.0184. The fourth-order valence-corrected chi connectivity index (χ4v) is 6.18. The molecular weight excluding hydrogens is 438 g/mol. The van der Waals surface area contributed by atoms with Crippen LogP contribution in [0.3, 0.4) is 0 Å². The van der Waals surface area contributed by atoms with E-state index in [0.29, 0.717) is 17.5 Å². The van der Waals surface area contributed by atoms with Crippen molar-refractivity contribution in [2.75, 3.05) is 18.5 Å². The van der Waals surface area contributed by atoms with Crippen molar-refractivity contribution in [3.63, 3.8) is 0 Å². The molecule has 1 saturated heterocycles. The summed E-state index contributed by atoms with van der Waals surface area (Å²) in [7, 11) is 2.01. The van der Waals surface area contributed by atoms with Crippen LogP contribution in [0.2, 0.25) is 0 Å². The number of carbonyl (C=O) groups excluding carboxylic acids is 1. The number of aliphatic imine (C=N–C) groups is 1. The lowest BCUT2D eigenvalue weighted by Gasteiger charge is -2.17. The quantitative estimate of drug-likeness (QED) is 0.502. The SMILES string of the molecule is CCCCN1C(=O)C(=C2Sc3ccccc3N2C)SC1=Nc1cc(C(C)C)c(O)cc1C. The Labute approximate surface area is 198 Å². The molecule has 2 aliphatic heterocycles. The van der Waals surface area contributed by atoms with Gasteiger partial charge < -0.3 is 10.0 Å². The number of fused-ring (bicyclic) bond motifs is 1. The molecule has 0 bridgehead atoms. The molecule has 1 N–H and O–H groups in total. The highest BCUT2D eigenvalue weighted by atomic mass is 32.2. The van der Waals surface area contributed by atoms with Crippen molar-refractivity contribution in [1.29, 1.82) is 0 Å². The van der Waals surface area contributed by atoms with E-state index in [1.165, 1.54) is 11.8 Å². The zero-order valence-electron chi connectivity index (χ0n) is 19.2. The summed E-state index contributed by atoms with van der Waals surface area (Å²) in [6, 6.07) is 11.9. The average Bonchev–Trinajstić information content (AvgIpc) is 3.25. The molecule has 32 heavy (non-hydrogen) atoms. The van der Waals surface area contributed by atoms with Gasteiger partial charge in [0.25, 0.3) is 5.91 Å². The lowest BCUT2D eigenvalue weighted by atomic mass is 9.99. The highest BCUT2D eigenvalue weighted by Crippen LogP contribution is 2.50. The van der Waals surface area contributed by atoms with Crippen molar-refractivity contribution in [1.82, 2.24) is 4.90 Å². The van der Waals surface area contributed by atoms with Crippen LogP contribution in [0.5, 0.6) is 5.75 Å². The first-order valence-electron chi connectivity index (χ1n) is 11.0. The molecule has 0 atom stereocenters. The number of hydrogen-bond donors (Lipinski definition) is 1. The molecule has 0 aromatic heterocycles. The minimum absolute atomic E-state index is 0.0184. The monoisotopic (exact) mass is 467 g/mol. The number of hydrogen-bond acceptors (Lipinski definition) is 6. The summed E-state index contributed by atoms with van der Waals surface area (Å²) < 4.78 is 0. The number of anilines is 1. The van der Waals surface area contributed by atoms with Gasteiger partial charge in [-0.15, -0.1) is 0 Å². The molecule has 5 nitrogen and oxygen atoms in total. The largest absolute Gasteiger partial charge is 0.508 e. The summed E-state index contributed by atoms with van der Waals surface area (Å²) in [5.74, 6) is 0.497. The molecule has 2 aliphatic rings. The number of carbonyl (C=O) groups is 1. The second-order valence-electron chi connectivity index (χ2n) is 8.42. The number of amides is 1. The van der Waals surface area contributed by atoms with Crippen LogP contribution in [-0.4, -0.2) is 34.7 Å². The van der Waals surface area contributed by atoms with Gasteiger partial charge in [-0.25, -0.2) is 4.99 Å². The third kappa shape index (κ3) is 4.16. The molecule has 0 unspecified atom stereocenters. The van der Waals surface area contributed by atoms with E-state index >= 15 is 0 Å². The Kier molecular flexibility index (Phi) is 6.58. The number of para-hydroxylation sites is 1. The number of phenolic OH excluding ortho intramolecular Hbond substituents is 1. The molecule has 0 saturated carbocycles. The van der Waals surface area contributed by atoms with Crippen LogP contribution in [0.1, 0.15) is 50.7 Å². The summed E-state index contributed by atoms with van der Waals surface area (Å²) in [6.07, 6.45) is 1.92. The smallest absolute Gasteiger partial charge is 0.269 e. The lowest BCUT2D eigenvalue weighted by Crippen LogP contribution is -2.30. The molecule has 0 aliphatic carbocycles. The van der Waals surface area contributed by atoms with E-state index in [2.05, 4.69) is 37.8 Å². The summed E-state index contributed by atoms with van der Waals surface area (Å²) in [4.78, 5) is 24.2. The number of benzene rings is 2. The van der Waals surface area contributed by atoms with Crippen molar-refractivity contribution in [3.8, 4) is 5.75 Å². The van der Waals surface area contributed by atoms with E-state index in [-0.39, 0.29) is 11.8 Å². The Morgan fingerprint density at radius 2 is 1.91 bits per heavy atom. The number of rotatable bonds is 5. The molecule has 1 fully saturated rings. The van der Waals surface area contributed by atoms with Crippen LogP contribution < -0.4 is 4.90 Å². The molecule has 2 heterocycles. The van der Waals surface area contributed by atoms with Crippen molar-refractivity contribution in [2.24, 2.45) is 4.99 Å². The number of unbranched alkanes of at least 4 members (excludes halogenated alkanes) is 1. The van der Waals surface area contributed by atoms with Gasteiger partial charge in [-0.1, -0.05) is 51.1 Å². The Hall–Kier alpha value is -2.38. The Balaban J connectivity index is 1.76. The van der Waals surface area contributed by atoms with Crippen LogP contribution in [0.15, 0.2) is 56.2 Å². The second-order valence-corrected chi connectivity index (χ2v) is 10.4. The average molecular weight is 468 g/mol. The first-order chi connectivity index (χ1) is 15.3. The van der Waals surface area contributed by atoms with E-state index in [4.69, 9.17) is 4.99 Å². The van der Waals surface area contributed by atoms with Gasteiger partial charge in [0.15, 0.2) is 5.17 Å². The lowest BCUT2D eigenvalue weighted by molar-refractivity contribution is -0.122. The molecule has 2 aromatic carbocycles. The van der Waals surface area contributed by atoms with Crippen molar-refractivity contribution < 1.29 is 9.90 Å². The van der Waals surface area contributed by atoms with Crippen LogP contribution in [0, 0.1) is 6.92 Å². The summed E-state index contributed by atoms with van der Waals surface area (Å²) in [5.41, 5.74) is 3.67. The normalized spacial score (nSPS) is 19.6. The third-order valence-electron chi connectivity index (χ3n) is 5.71. The number of thioether (sulfide) groups is 2. The van der Waals surface area contributed by atoms with E-state index in [0.717, 1.165) is 50.2 Å². The summed E-state index contributed by atoms with van der Waals surface area (Å²) in [5, 5.41) is 12.0. The van der Waals surface area contributed by atoms with Gasteiger partial charge in [0.2, 0.25) is 0 Å². The van der Waals surface area contributed by atoms with Crippen molar-refractivity contribution in [2.45, 2.75) is 51.3 Å². The zero-order valence-corrected chi connectivity index (χ0v) is 20.8. The standard InChI is InChI=1S/C25H29N3O2S2/c1-6-7-12-28-23(30)22(24-27(5)19-10-8-9-11-21(19)31-24)32-25(28)26-18-14-17(15(2)3)20(29)13-16(18)4/h8-11,13-15,29H,6-7,12H2,1-5H3. The first kappa shape index (κ1) is 22.8. The molecule has 4 rings (SSSR count). The van der Waals surface area contributed by atoms with E-state index in [1.54, 1.807) is 17.8 Å². The van der Waals surface area contributed by atoms with Gasteiger partial charge in [-0.3, -0.25) is 9.69 Å². The highest BCUT2D eigenvalue weighted by molar-refractivity contribution is 8.19. The molecule has 7 heteroatoms. The molecule has 0 spiro atoms. The Morgan fingerprint density at radius 1 is 1.16 bits per heavy atom. The molecular formula is C25H29N3O2S2. The maximum atomic E-state index is 13.5. The zero-order chi connectivity index (χ0) is 23.0. The van der Waals surface area contributed by atoms with Gasteiger partial charge >= 0.3 is 0 Å². The number of phenols is 1. The van der Waals surface area contributed by atoms with Gasteiger partial charge in [0, 0.05) is 18.5 Å². The topological polar surface area (TPSA) is 56.1 Å². The molecule has 0 radical (unpaired) electrons. The van der Waals surface area contributed by atoms with Crippen LogP contribution in [-0.2, 0) is 4.79 Å². The van der Waals surface area contributed by atoms with E-state index in [9.17, 15) is 9.90 Å².